The van der Waals surface area contributed by atoms with Crippen molar-refractivity contribution >= 4 is 28.2 Å². The van der Waals surface area contributed by atoms with Crippen molar-refractivity contribution < 1.29 is 13.2 Å². The van der Waals surface area contributed by atoms with Crippen LogP contribution < -0.4 is 11.1 Å². The molecule has 25 heavy (non-hydrogen) atoms. The predicted octanol–water partition coefficient (Wildman–Crippen LogP) is 2.41. The molecule has 0 heterocycles. The van der Waals surface area contributed by atoms with Gasteiger partial charge in [-0.2, -0.15) is 0 Å². The zero-order chi connectivity index (χ0) is 17.6. The van der Waals surface area contributed by atoms with Gasteiger partial charge in [0.2, 0.25) is 0 Å². The van der Waals surface area contributed by atoms with Crippen LogP contribution in [0.15, 0.2) is 59.5 Å². The first-order valence-electron chi connectivity index (χ1n) is 7.77. The minimum absolute atomic E-state index is 0. The molecule has 3 N–H and O–H groups in total. The van der Waals surface area contributed by atoms with Crippen LogP contribution in [0.5, 0.6) is 0 Å². The third-order valence-corrected chi connectivity index (χ3v) is 5.37. The number of rotatable bonds is 7. The van der Waals surface area contributed by atoms with Crippen molar-refractivity contribution in [2.24, 2.45) is 11.7 Å². The van der Waals surface area contributed by atoms with Crippen molar-refractivity contribution in [1.82, 2.24) is 5.32 Å². The third-order valence-electron chi connectivity index (χ3n) is 3.66. The predicted molar refractivity (Wildman–Crippen MR) is 102 cm³/mol. The monoisotopic (exact) mass is 382 g/mol. The highest BCUT2D eigenvalue weighted by atomic mass is 35.5. The molecule has 0 aliphatic carbocycles. The summed E-state index contributed by atoms with van der Waals surface area (Å²) in [7, 11) is -3.43. The summed E-state index contributed by atoms with van der Waals surface area (Å²) >= 11 is 0. The highest BCUT2D eigenvalue weighted by molar-refractivity contribution is 7.90. The Morgan fingerprint density at radius 3 is 2.44 bits per heavy atom. The largest absolute Gasteiger partial charge is 0.352 e. The Hall–Kier alpha value is -1.89. The Morgan fingerprint density at radius 2 is 1.80 bits per heavy atom. The maximum Gasteiger partial charge on any atom is 0.251 e. The number of sulfone groups is 1. The van der Waals surface area contributed by atoms with E-state index in [-0.39, 0.29) is 34.9 Å². The SMILES string of the molecule is CC(CN)CNC(=O)c1cccc(CS(=O)(=O)c2ccccc2)c1.Cl. The van der Waals surface area contributed by atoms with Crippen molar-refractivity contribution in [3.8, 4) is 0 Å². The number of hydrogen-bond donors (Lipinski definition) is 2. The normalized spacial score (nSPS) is 12.1. The highest BCUT2D eigenvalue weighted by Crippen LogP contribution is 2.17. The molecule has 2 aromatic carbocycles. The second-order valence-electron chi connectivity index (χ2n) is 5.82. The van der Waals surface area contributed by atoms with Crippen LogP contribution in [-0.2, 0) is 15.6 Å². The molecule has 0 bridgehead atoms. The van der Waals surface area contributed by atoms with E-state index in [9.17, 15) is 13.2 Å². The number of carbonyl (C=O) groups is 1. The van der Waals surface area contributed by atoms with Gasteiger partial charge in [0.05, 0.1) is 10.6 Å². The molecule has 0 saturated carbocycles. The molecule has 0 spiro atoms. The van der Waals surface area contributed by atoms with Crippen LogP contribution in [0.4, 0.5) is 0 Å². The Balaban J connectivity index is 0.00000312. The molecule has 5 nitrogen and oxygen atoms in total. The number of amides is 1. The van der Waals surface area contributed by atoms with Crippen LogP contribution in [0.2, 0.25) is 0 Å². The number of carbonyl (C=O) groups excluding carboxylic acids is 1. The lowest BCUT2D eigenvalue weighted by atomic mass is 10.1. The summed E-state index contributed by atoms with van der Waals surface area (Å²) in [5, 5.41) is 2.80. The Kier molecular flexibility index (Phi) is 8.09. The zero-order valence-corrected chi connectivity index (χ0v) is 15.6. The van der Waals surface area contributed by atoms with Gasteiger partial charge in [-0.25, -0.2) is 8.42 Å². The maximum atomic E-state index is 12.4. The lowest BCUT2D eigenvalue weighted by Crippen LogP contribution is -2.31. The summed E-state index contributed by atoms with van der Waals surface area (Å²) in [5.41, 5.74) is 6.55. The first-order valence-corrected chi connectivity index (χ1v) is 9.42. The first kappa shape index (κ1) is 21.2. The van der Waals surface area contributed by atoms with E-state index in [1.807, 2.05) is 6.92 Å². The number of benzene rings is 2. The topological polar surface area (TPSA) is 89.3 Å². The highest BCUT2D eigenvalue weighted by Gasteiger charge is 2.16. The van der Waals surface area contributed by atoms with Crippen molar-refractivity contribution in [3.63, 3.8) is 0 Å². The second kappa shape index (κ2) is 9.56. The number of halogens is 1. The van der Waals surface area contributed by atoms with Crippen LogP contribution in [-0.4, -0.2) is 27.4 Å². The van der Waals surface area contributed by atoms with Crippen molar-refractivity contribution in [2.45, 2.75) is 17.6 Å². The molecule has 136 valence electrons. The Morgan fingerprint density at radius 1 is 1.12 bits per heavy atom. The molecule has 1 unspecified atom stereocenters. The van der Waals surface area contributed by atoms with E-state index in [2.05, 4.69) is 5.32 Å². The molecule has 0 saturated heterocycles. The molecule has 0 aromatic heterocycles. The first-order chi connectivity index (χ1) is 11.4. The van der Waals surface area contributed by atoms with Gasteiger partial charge in [0.15, 0.2) is 9.84 Å². The molecular weight excluding hydrogens is 360 g/mol. The van der Waals surface area contributed by atoms with Crippen LogP contribution in [0, 0.1) is 5.92 Å². The van der Waals surface area contributed by atoms with Gasteiger partial charge in [-0.15, -0.1) is 12.4 Å². The second-order valence-corrected chi connectivity index (χ2v) is 7.81. The van der Waals surface area contributed by atoms with E-state index < -0.39 is 9.84 Å². The minimum Gasteiger partial charge on any atom is -0.352 e. The molecule has 1 amide bonds. The quantitative estimate of drug-likeness (QED) is 0.769. The molecule has 0 fully saturated rings. The van der Waals surface area contributed by atoms with E-state index in [1.165, 1.54) is 0 Å². The summed E-state index contributed by atoms with van der Waals surface area (Å²) < 4.78 is 24.8. The van der Waals surface area contributed by atoms with Crippen LogP contribution in [0.25, 0.3) is 0 Å². The molecule has 2 aromatic rings. The van der Waals surface area contributed by atoms with Crippen LogP contribution in [0.3, 0.4) is 0 Å². The number of nitrogens with two attached hydrogens (primary N) is 1. The van der Waals surface area contributed by atoms with Crippen molar-refractivity contribution in [2.75, 3.05) is 13.1 Å². The van der Waals surface area contributed by atoms with Crippen LogP contribution in [0.1, 0.15) is 22.8 Å². The van der Waals surface area contributed by atoms with Gasteiger partial charge in [0, 0.05) is 12.1 Å². The zero-order valence-electron chi connectivity index (χ0n) is 14.0. The molecule has 0 aliphatic rings. The molecular formula is C18H23ClN2O3S. The molecule has 7 heteroatoms. The average Bonchev–Trinajstić information content (AvgIpc) is 2.60. The summed E-state index contributed by atoms with van der Waals surface area (Å²) in [4.78, 5) is 12.4. The molecule has 0 aliphatic heterocycles. The van der Waals surface area contributed by atoms with Crippen molar-refractivity contribution in [1.29, 1.82) is 0 Å². The minimum atomic E-state index is -3.43. The fourth-order valence-electron chi connectivity index (χ4n) is 2.19. The summed E-state index contributed by atoms with van der Waals surface area (Å²) in [6.45, 7) is 2.93. The maximum absolute atomic E-state index is 12.4. The van der Waals surface area contributed by atoms with Gasteiger partial charge >= 0.3 is 0 Å². The van der Waals surface area contributed by atoms with Gasteiger partial charge in [-0.1, -0.05) is 37.3 Å². The van der Waals surface area contributed by atoms with E-state index in [0.29, 0.717) is 24.2 Å². The standard InChI is InChI=1S/C18H22N2O3S.ClH/c1-14(11-19)12-20-18(21)16-7-5-6-15(10-16)13-24(22,23)17-8-3-2-4-9-17;/h2-10,14H,11-13,19H2,1H3,(H,20,21);1H. The smallest absolute Gasteiger partial charge is 0.251 e. The van der Waals surface area contributed by atoms with Gasteiger partial charge in [0.1, 0.15) is 0 Å². The molecule has 0 radical (unpaired) electrons. The summed E-state index contributed by atoms with van der Waals surface area (Å²) in [6, 6.07) is 15.0. The van der Waals surface area contributed by atoms with Gasteiger partial charge in [0.25, 0.3) is 5.91 Å². The number of hydrogen-bond acceptors (Lipinski definition) is 4. The van der Waals surface area contributed by atoms with E-state index >= 15 is 0 Å². The van der Waals surface area contributed by atoms with Gasteiger partial charge < -0.3 is 11.1 Å². The Bertz CT molecular complexity index is 795. The van der Waals surface area contributed by atoms with Gasteiger partial charge in [-0.05, 0) is 42.3 Å². The van der Waals surface area contributed by atoms with E-state index in [4.69, 9.17) is 5.73 Å². The summed E-state index contributed by atoms with van der Waals surface area (Å²) in [6.07, 6.45) is 0. The van der Waals surface area contributed by atoms with E-state index in [1.54, 1.807) is 54.6 Å². The van der Waals surface area contributed by atoms with Crippen LogP contribution >= 0.6 is 12.4 Å². The average molecular weight is 383 g/mol. The summed E-state index contributed by atoms with van der Waals surface area (Å²) in [5.74, 6) is -0.179. The lowest BCUT2D eigenvalue weighted by Gasteiger charge is -2.11. The van der Waals surface area contributed by atoms with Gasteiger partial charge in [-0.3, -0.25) is 4.79 Å². The van der Waals surface area contributed by atoms with E-state index in [0.717, 1.165) is 0 Å². The number of nitrogens with one attached hydrogen (secondary N) is 1. The fourth-order valence-corrected chi connectivity index (χ4v) is 3.54. The van der Waals surface area contributed by atoms with Crippen molar-refractivity contribution in [3.05, 3.63) is 65.7 Å². The Labute approximate surface area is 155 Å². The molecule has 2 rings (SSSR count). The molecule has 1 atom stereocenters. The lowest BCUT2D eigenvalue weighted by molar-refractivity contribution is 0.0948. The third kappa shape index (κ3) is 6.16. The fraction of sp³-hybridized carbons (Fsp3) is 0.278.